The average molecular weight is 429 g/mol. The number of ketones is 1. The first kappa shape index (κ1) is 22.7. The normalized spacial score (nSPS) is 16.0. The van der Waals surface area contributed by atoms with Crippen LogP contribution in [0.25, 0.3) is 0 Å². The van der Waals surface area contributed by atoms with Gasteiger partial charge in [0.25, 0.3) is 0 Å². The fourth-order valence-electron chi connectivity index (χ4n) is 3.61. The number of fused-ring (bicyclic) bond motifs is 1. The predicted octanol–water partition coefficient (Wildman–Crippen LogP) is 4.64. The number of rotatable bonds is 4. The minimum absolute atomic E-state index is 0.175. The molecule has 6 nitrogen and oxygen atoms in total. The van der Waals surface area contributed by atoms with Gasteiger partial charge in [0.15, 0.2) is 0 Å². The molecule has 1 atom stereocenters. The monoisotopic (exact) mass is 429 g/mol. The molecule has 0 saturated carbocycles. The van der Waals surface area contributed by atoms with Crippen LogP contribution in [-0.2, 0) is 20.8 Å². The first-order valence-electron chi connectivity index (χ1n) is 10.3. The molecule has 1 aromatic heterocycles. The number of hydrogen-bond acceptors (Lipinski definition) is 5. The van der Waals surface area contributed by atoms with Gasteiger partial charge < -0.3 is 14.0 Å². The zero-order valence-electron chi connectivity index (χ0n) is 18.7. The average Bonchev–Trinajstić information content (AvgIpc) is 3.19. The van der Waals surface area contributed by atoms with E-state index in [-0.39, 0.29) is 22.6 Å². The number of carbonyl (C=O) groups is 3. The summed E-state index contributed by atoms with van der Waals surface area (Å²) >= 11 is 0. The van der Waals surface area contributed by atoms with Gasteiger partial charge in [0.2, 0.25) is 5.78 Å². The van der Waals surface area contributed by atoms with Crippen LogP contribution in [0.4, 0.5) is 4.39 Å². The molecular weight excluding hydrogens is 401 g/mol. The van der Waals surface area contributed by atoms with E-state index in [0.717, 1.165) is 0 Å². The lowest BCUT2D eigenvalue weighted by atomic mass is 10.00. The van der Waals surface area contributed by atoms with Gasteiger partial charge in [-0.3, -0.25) is 9.59 Å². The lowest BCUT2D eigenvalue weighted by molar-refractivity contribution is -0.156. The molecule has 1 unspecified atom stereocenters. The van der Waals surface area contributed by atoms with E-state index in [4.69, 9.17) is 9.47 Å². The molecule has 31 heavy (non-hydrogen) atoms. The number of esters is 2. The highest BCUT2D eigenvalue weighted by Crippen LogP contribution is 2.37. The second kappa shape index (κ2) is 7.94. The Morgan fingerprint density at radius 1 is 0.968 bits per heavy atom. The summed E-state index contributed by atoms with van der Waals surface area (Å²) in [6, 6.07) is 6.67. The third-order valence-corrected chi connectivity index (χ3v) is 4.76. The quantitative estimate of drug-likeness (QED) is 0.523. The molecule has 0 amide bonds. The van der Waals surface area contributed by atoms with Crippen molar-refractivity contribution in [3.63, 3.8) is 0 Å². The van der Waals surface area contributed by atoms with Gasteiger partial charge in [-0.05, 0) is 78.3 Å². The van der Waals surface area contributed by atoms with Crippen molar-refractivity contribution in [2.75, 3.05) is 0 Å². The molecule has 7 heteroatoms. The number of aromatic nitrogens is 1. The lowest BCUT2D eigenvalue weighted by Crippen LogP contribution is -2.28. The molecule has 1 aliphatic heterocycles. The minimum atomic E-state index is -0.743. The molecule has 0 radical (unpaired) electrons. The molecule has 0 N–H and O–H groups in total. The number of nitrogens with zero attached hydrogens (tertiary/aromatic N) is 1. The van der Waals surface area contributed by atoms with Crippen LogP contribution in [0.15, 0.2) is 30.3 Å². The number of carbonyl (C=O) groups excluding carboxylic acids is 3. The molecule has 166 valence electrons. The van der Waals surface area contributed by atoms with E-state index in [1.54, 1.807) is 46.1 Å². The van der Waals surface area contributed by atoms with Crippen molar-refractivity contribution in [3.8, 4) is 0 Å². The van der Waals surface area contributed by atoms with Crippen molar-refractivity contribution in [1.82, 2.24) is 4.57 Å². The van der Waals surface area contributed by atoms with E-state index in [1.807, 2.05) is 0 Å². The molecule has 0 bridgehead atoms. The summed E-state index contributed by atoms with van der Waals surface area (Å²) in [7, 11) is 0. The van der Waals surface area contributed by atoms with E-state index in [2.05, 4.69) is 0 Å². The van der Waals surface area contributed by atoms with Gasteiger partial charge in [-0.2, -0.15) is 0 Å². The molecule has 0 fully saturated rings. The molecule has 2 heterocycles. The first-order chi connectivity index (χ1) is 14.3. The number of halogens is 1. The summed E-state index contributed by atoms with van der Waals surface area (Å²) in [6.45, 7) is 10.9. The van der Waals surface area contributed by atoms with Gasteiger partial charge in [0.05, 0.1) is 17.2 Å². The molecular formula is C24H28FNO5. The second-order valence-corrected chi connectivity index (χ2v) is 9.69. The Hall–Kier alpha value is -2.96. The van der Waals surface area contributed by atoms with E-state index < -0.39 is 34.9 Å². The maximum Gasteiger partial charge on any atom is 0.340 e. The number of hydrogen-bond donors (Lipinski definition) is 0. The van der Waals surface area contributed by atoms with Crippen LogP contribution in [-0.4, -0.2) is 33.5 Å². The van der Waals surface area contributed by atoms with Crippen LogP contribution in [0.3, 0.4) is 0 Å². The largest absolute Gasteiger partial charge is 0.459 e. The Morgan fingerprint density at radius 3 is 2.10 bits per heavy atom. The third-order valence-electron chi connectivity index (χ3n) is 4.76. The van der Waals surface area contributed by atoms with Crippen LogP contribution in [0.2, 0.25) is 0 Å². The second-order valence-electron chi connectivity index (χ2n) is 9.69. The van der Waals surface area contributed by atoms with Crippen LogP contribution in [0.5, 0.6) is 0 Å². The zero-order chi connectivity index (χ0) is 23.1. The number of ether oxygens (including phenoxy) is 2. The van der Waals surface area contributed by atoms with Crippen molar-refractivity contribution in [2.24, 2.45) is 0 Å². The van der Waals surface area contributed by atoms with Crippen molar-refractivity contribution >= 4 is 17.7 Å². The SMILES string of the molecule is CC(C)(C)OC(=O)c1cc(C(=O)c2ccc(F)cc2)n2c1C(C(=O)OC(C)(C)C)CC2. The van der Waals surface area contributed by atoms with Crippen LogP contribution in [0, 0.1) is 5.82 Å². The molecule has 3 rings (SSSR count). The topological polar surface area (TPSA) is 74.6 Å². The minimum Gasteiger partial charge on any atom is -0.459 e. The van der Waals surface area contributed by atoms with E-state index >= 15 is 0 Å². The molecule has 0 spiro atoms. The third kappa shape index (κ3) is 5.03. The Labute approximate surface area is 181 Å². The molecule has 1 aliphatic rings. The van der Waals surface area contributed by atoms with Gasteiger partial charge in [0.1, 0.15) is 17.0 Å². The van der Waals surface area contributed by atoms with E-state index in [9.17, 15) is 18.8 Å². The first-order valence-corrected chi connectivity index (χ1v) is 10.3. The van der Waals surface area contributed by atoms with E-state index in [0.29, 0.717) is 18.7 Å². The van der Waals surface area contributed by atoms with Crippen molar-refractivity contribution in [2.45, 2.75) is 71.6 Å². The number of benzene rings is 1. The molecule has 1 aromatic carbocycles. The maximum absolute atomic E-state index is 13.3. The van der Waals surface area contributed by atoms with Crippen molar-refractivity contribution in [1.29, 1.82) is 0 Å². The smallest absolute Gasteiger partial charge is 0.340 e. The lowest BCUT2D eigenvalue weighted by Gasteiger charge is -2.23. The van der Waals surface area contributed by atoms with Crippen LogP contribution < -0.4 is 0 Å². The predicted molar refractivity (Wildman–Crippen MR) is 113 cm³/mol. The standard InChI is InChI=1S/C24H28FNO5/c1-23(2,3)30-21(28)16-11-12-26-18(20(27)14-7-9-15(25)10-8-14)13-17(19(16)26)22(29)31-24(4,5)6/h7-10,13,16H,11-12H2,1-6H3. The van der Waals surface area contributed by atoms with Crippen molar-refractivity contribution < 1.29 is 28.2 Å². The zero-order valence-corrected chi connectivity index (χ0v) is 18.7. The van der Waals surface area contributed by atoms with Gasteiger partial charge in [0, 0.05) is 17.8 Å². The summed E-state index contributed by atoms with van der Waals surface area (Å²) < 4.78 is 26.0. The Bertz CT molecular complexity index is 1020. The van der Waals surface area contributed by atoms with Gasteiger partial charge in [-0.15, -0.1) is 0 Å². The van der Waals surface area contributed by atoms with Gasteiger partial charge in [-0.25, -0.2) is 9.18 Å². The molecule has 2 aromatic rings. The summed E-state index contributed by atoms with van der Waals surface area (Å²) in [5.41, 5.74) is -0.280. The van der Waals surface area contributed by atoms with Gasteiger partial charge in [-0.1, -0.05) is 0 Å². The molecule has 0 aliphatic carbocycles. The highest BCUT2D eigenvalue weighted by atomic mass is 19.1. The van der Waals surface area contributed by atoms with E-state index in [1.165, 1.54) is 30.3 Å². The Morgan fingerprint density at radius 2 is 1.55 bits per heavy atom. The highest BCUT2D eigenvalue weighted by molar-refractivity contribution is 6.10. The summed E-state index contributed by atoms with van der Waals surface area (Å²) in [4.78, 5) is 38.9. The van der Waals surface area contributed by atoms with Crippen molar-refractivity contribution in [3.05, 3.63) is 58.7 Å². The van der Waals surface area contributed by atoms with Crippen LogP contribution >= 0.6 is 0 Å². The fraction of sp³-hybridized carbons (Fsp3) is 0.458. The Kier molecular flexibility index (Phi) is 5.82. The maximum atomic E-state index is 13.3. The summed E-state index contributed by atoms with van der Waals surface area (Å²) in [5, 5.41) is 0. The highest BCUT2D eigenvalue weighted by Gasteiger charge is 2.40. The summed E-state index contributed by atoms with van der Waals surface area (Å²) in [6.07, 6.45) is 0.407. The van der Waals surface area contributed by atoms with Crippen LogP contribution in [0.1, 0.15) is 86.0 Å². The molecule has 0 saturated heterocycles. The summed E-state index contributed by atoms with van der Waals surface area (Å²) in [5.74, 6) is -2.55. The Balaban J connectivity index is 2.07. The van der Waals surface area contributed by atoms with Gasteiger partial charge >= 0.3 is 11.9 Å². The fourth-order valence-corrected chi connectivity index (χ4v) is 3.61.